The molecular weight excluding hydrogens is 358 g/mol. The minimum atomic E-state index is 0.135. The van der Waals surface area contributed by atoms with Gasteiger partial charge in [0.1, 0.15) is 18.1 Å². The predicted molar refractivity (Wildman–Crippen MR) is 112 cm³/mol. The predicted octanol–water partition coefficient (Wildman–Crippen LogP) is 3.06. The summed E-state index contributed by atoms with van der Waals surface area (Å²) in [5.41, 5.74) is 2.31. The molecule has 6 atom stereocenters. The smallest absolute Gasteiger partial charge is 0.122 e. The molecule has 2 aliphatic carbocycles. The lowest BCUT2D eigenvalue weighted by molar-refractivity contribution is 0.0831. The van der Waals surface area contributed by atoms with Gasteiger partial charge in [-0.3, -0.25) is 5.32 Å². The molecule has 5 aliphatic rings. The first-order chi connectivity index (χ1) is 14.3. The van der Waals surface area contributed by atoms with Gasteiger partial charge in [-0.1, -0.05) is 56.0 Å². The average Bonchev–Trinajstić information content (AvgIpc) is 3.25. The summed E-state index contributed by atoms with van der Waals surface area (Å²) in [6.45, 7) is 0.908. The maximum atomic E-state index is 10.2. The summed E-state index contributed by atoms with van der Waals surface area (Å²) in [4.78, 5) is 5.22. The molecule has 152 valence electrons. The molecule has 1 aromatic rings. The molecule has 6 rings (SSSR count). The molecule has 2 N–H and O–H groups in total. The normalized spacial score (nSPS) is 38.2. The van der Waals surface area contributed by atoms with Crippen molar-refractivity contribution >= 4 is 0 Å². The fourth-order valence-corrected chi connectivity index (χ4v) is 6.75. The summed E-state index contributed by atoms with van der Waals surface area (Å²) in [5, 5.41) is 18.2. The van der Waals surface area contributed by atoms with Crippen molar-refractivity contribution in [3.05, 3.63) is 47.3 Å². The zero-order valence-corrected chi connectivity index (χ0v) is 17.1. The first kappa shape index (κ1) is 17.8. The lowest BCUT2D eigenvalue weighted by atomic mass is 9.85. The van der Waals surface area contributed by atoms with Gasteiger partial charge < -0.3 is 15.1 Å². The van der Waals surface area contributed by atoms with Crippen LogP contribution in [0.25, 0.3) is 0 Å². The summed E-state index contributed by atoms with van der Waals surface area (Å²) >= 11 is 0. The third-order valence-corrected chi connectivity index (χ3v) is 8.00. The summed E-state index contributed by atoms with van der Waals surface area (Å²) in [6, 6.07) is 15.7. The molecule has 2 saturated heterocycles. The molecule has 3 aliphatic heterocycles. The molecule has 4 fully saturated rings. The van der Waals surface area contributed by atoms with Gasteiger partial charge in [-0.2, -0.15) is 5.26 Å². The van der Waals surface area contributed by atoms with Crippen LogP contribution in [-0.2, 0) is 6.54 Å². The standard InChI is InChI=1S/C24H31N5/c25-14-17-22-23(27-19-11-5-4-10-18(19)26-22)29-21-13-7-6-12-20(21)28(24(17)29)15-16-8-2-1-3-9-16/h1-3,8-9,18-23,26-27H,4-7,10-13,15H2. The highest BCUT2D eigenvalue weighted by Crippen LogP contribution is 2.47. The van der Waals surface area contributed by atoms with Crippen LogP contribution < -0.4 is 10.6 Å². The molecule has 0 bridgehead atoms. The van der Waals surface area contributed by atoms with Crippen LogP contribution in [0, 0.1) is 11.3 Å². The second-order valence-electron chi connectivity index (χ2n) is 9.54. The molecule has 0 radical (unpaired) electrons. The Kier molecular flexibility index (Phi) is 4.32. The fourth-order valence-electron chi connectivity index (χ4n) is 6.75. The van der Waals surface area contributed by atoms with Crippen LogP contribution in [-0.4, -0.2) is 46.2 Å². The van der Waals surface area contributed by atoms with E-state index in [9.17, 15) is 5.26 Å². The first-order valence-electron chi connectivity index (χ1n) is 11.6. The Bertz CT molecular complexity index is 843. The Morgan fingerprint density at radius 3 is 2.34 bits per heavy atom. The topological polar surface area (TPSA) is 54.3 Å². The van der Waals surface area contributed by atoms with Gasteiger partial charge in [0.15, 0.2) is 0 Å². The molecule has 6 unspecified atom stereocenters. The number of hydrogen-bond donors (Lipinski definition) is 2. The van der Waals surface area contributed by atoms with E-state index in [1.165, 1.54) is 62.8 Å². The molecule has 1 aromatic carbocycles. The molecule has 29 heavy (non-hydrogen) atoms. The minimum absolute atomic E-state index is 0.135. The van der Waals surface area contributed by atoms with Gasteiger partial charge in [-0.25, -0.2) is 0 Å². The Morgan fingerprint density at radius 1 is 0.897 bits per heavy atom. The Morgan fingerprint density at radius 2 is 1.59 bits per heavy atom. The van der Waals surface area contributed by atoms with Gasteiger partial charge in [0.25, 0.3) is 0 Å². The van der Waals surface area contributed by atoms with Crippen molar-refractivity contribution in [2.75, 3.05) is 0 Å². The third kappa shape index (κ3) is 2.73. The summed E-state index contributed by atoms with van der Waals surface area (Å²) in [6.07, 6.45) is 10.5. The second-order valence-corrected chi connectivity index (χ2v) is 9.54. The lowest BCUT2D eigenvalue weighted by Gasteiger charge is -2.47. The van der Waals surface area contributed by atoms with Crippen LogP contribution >= 0.6 is 0 Å². The van der Waals surface area contributed by atoms with E-state index in [1.54, 1.807) is 0 Å². The molecule has 5 heteroatoms. The number of nitrogens with one attached hydrogen (secondary N) is 2. The number of fused-ring (bicyclic) bond motifs is 6. The Hall–Kier alpha value is -2.03. The quantitative estimate of drug-likeness (QED) is 0.814. The molecule has 5 nitrogen and oxygen atoms in total. The van der Waals surface area contributed by atoms with Gasteiger partial charge >= 0.3 is 0 Å². The van der Waals surface area contributed by atoms with E-state index < -0.39 is 0 Å². The number of nitrogens with zero attached hydrogens (tertiary/aromatic N) is 3. The van der Waals surface area contributed by atoms with Gasteiger partial charge in [-0.05, 0) is 31.2 Å². The number of nitriles is 1. The van der Waals surface area contributed by atoms with Crippen molar-refractivity contribution in [3.8, 4) is 6.07 Å². The summed E-state index contributed by atoms with van der Waals surface area (Å²) in [7, 11) is 0. The first-order valence-corrected chi connectivity index (χ1v) is 11.6. The van der Waals surface area contributed by atoms with Crippen LogP contribution in [0.3, 0.4) is 0 Å². The van der Waals surface area contributed by atoms with E-state index in [-0.39, 0.29) is 12.2 Å². The summed E-state index contributed by atoms with van der Waals surface area (Å²) in [5.74, 6) is 1.22. The van der Waals surface area contributed by atoms with Crippen molar-refractivity contribution in [1.82, 2.24) is 20.4 Å². The van der Waals surface area contributed by atoms with Crippen LogP contribution in [0.2, 0.25) is 0 Å². The molecular formula is C24H31N5. The van der Waals surface area contributed by atoms with Crippen molar-refractivity contribution in [1.29, 1.82) is 5.26 Å². The fraction of sp³-hybridized carbons (Fsp3) is 0.625. The van der Waals surface area contributed by atoms with Crippen LogP contribution in [0.5, 0.6) is 0 Å². The highest BCUT2D eigenvalue weighted by atomic mass is 15.5. The Labute approximate surface area is 173 Å². The zero-order valence-electron chi connectivity index (χ0n) is 17.1. The lowest BCUT2D eigenvalue weighted by Crippen LogP contribution is -2.69. The SMILES string of the molecule is N#CC1=C2N(Cc3ccccc3)C3CCCCC3N2C2NC3CCCCC3NC12. The van der Waals surface area contributed by atoms with Crippen LogP contribution in [0.1, 0.15) is 56.9 Å². The van der Waals surface area contributed by atoms with Crippen molar-refractivity contribution in [3.63, 3.8) is 0 Å². The van der Waals surface area contributed by atoms with Crippen LogP contribution in [0.15, 0.2) is 41.7 Å². The van der Waals surface area contributed by atoms with E-state index in [1.807, 2.05) is 0 Å². The van der Waals surface area contributed by atoms with Crippen molar-refractivity contribution in [2.45, 2.75) is 94.3 Å². The number of rotatable bonds is 2. The van der Waals surface area contributed by atoms with E-state index in [0.717, 1.165) is 12.1 Å². The van der Waals surface area contributed by atoms with E-state index in [4.69, 9.17) is 0 Å². The maximum Gasteiger partial charge on any atom is 0.122 e. The number of piperazine rings is 1. The highest BCUT2D eigenvalue weighted by Gasteiger charge is 2.57. The van der Waals surface area contributed by atoms with Crippen LogP contribution in [0.4, 0.5) is 0 Å². The molecule has 0 aromatic heterocycles. The van der Waals surface area contributed by atoms with Crippen molar-refractivity contribution < 1.29 is 0 Å². The number of hydrogen-bond acceptors (Lipinski definition) is 5. The monoisotopic (exact) mass is 389 g/mol. The third-order valence-electron chi connectivity index (χ3n) is 8.00. The van der Waals surface area contributed by atoms with Crippen molar-refractivity contribution in [2.24, 2.45) is 0 Å². The molecule has 0 spiro atoms. The summed E-state index contributed by atoms with van der Waals surface area (Å²) < 4.78 is 0. The van der Waals surface area contributed by atoms with Gasteiger partial charge in [0.05, 0.1) is 23.7 Å². The molecule has 2 saturated carbocycles. The average molecular weight is 390 g/mol. The maximum absolute atomic E-state index is 10.2. The molecule has 0 amide bonds. The van der Waals surface area contributed by atoms with E-state index >= 15 is 0 Å². The largest absolute Gasteiger partial charge is 0.348 e. The molecule has 3 heterocycles. The second kappa shape index (κ2) is 7.04. The highest BCUT2D eigenvalue weighted by molar-refractivity contribution is 5.43. The van der Waals surface area contributed by atoms with E-state index in [0.29, 0.717) is 24.2 Å². The van der Waals surface area contributed by atoms with Gasteiger partial charge in [-0.15, -0.1) is 0 Å². The van der Waals surface area contributed by atoms with Gasteiger partial charge in [0, 0.05) is 18.6 Å². The van der Waals surface area contributed by atoms with E-state index in [2.05, 4.69) is 56.8 Å². The van der Waals surface area contributed by atoms with Gasteiger partial charge in [0.2, 0.25) is 0 Å². The zero-order chi connectivity index (χ0) is 19.4. The minimum Gasteiger partial charge on any atom is -0.348 e. The Balaban J connectivity index is 1.40. The number of benzene rings is 1.